The fraction of sp³-hybridized carbons (Fsp3) is 0.160. The van der Waals surface area contributed by atoms with Gasteiger partial charge < -0.3 is 16.0 Å². The number of hydrogen-bond donors (Lipinski definition) is 2. The van der Waals surface area contributed by atoms with E-state index in [4.69, 9.17) is 11.0 Å². The quantitative estimate of drug-likeness (QED) is 0.370. The molecule has 9 nitrogen and oxygen atoms in total. The maximum absolute atomic E-state index is 13.1. The fourth-order valence-electron chi connectivity index (χ4n) is 3.31. The van der Waals surface area contributed by atoms with Gasteiger partial charge >= 0.3 is 0 Å². The summed E-state index contributed by atoms with van der Waals surface area (Å²) in [5.74, 6) is -0.584. The Hall–Kier alpha value is -4.55. The molecule has 3 aromatic rings. The highest BCUT2D eigenvalue weighted by molar-refractivity contribution is 6.04. The Kier molecular flexibility index (Phi) is 8.05. The second-order valence-electron chi connectivity index (χ2n) is 7.52. The number of non-ortho nitro benzene ring substituents is 1. The van der Waals surface area contributed by atoms with Crippen LogP contribution in [0.5, 0.6) is 0 Å². The average Bonchev–Trinajstić information content (AvgIpc) is 2.86. The summed E-state index contributed by atoms with van der Waals surface area (Å²) in [6.07, 6.45) is 0.624. The van der Waals surface area contributed by atoms with Crippen LogP contribution in [0.15, 0.2) is 72.8 Å². The van der Waals surface area contributed by atoms with E-state index in [9.17, 15) is 19.7 Å². The fourth-order valence-corrected chi connectivity index (χ4v) is 3.31. The van der Waals surface area contributed by atoms with Crippen LogP contribution in [0.3, 0.4) is 0 Å². The zero-order chi connectivity index (χ0) is 24.5. The molecule has 0 radical (unpaired) electrons. The molecule has 9 heteroatoms. The third-order valence-corrected chi connectivity index (χ3v) is 5.08. The van der Waals surface area contributed by atoms with Crippen molar-refractivity contribution in [1.29, 1.82) is 5.26 Å². The molecule has 0 heterocycles. The van der Waals surface area contributed by atoms with E-state index in [-0.39, 0.29) is 17.2 Å². The molecule has 3 aromatic carbocycles. The van der Waals surface area contributed by atoms with Crippen LogP contribution in [0.2, 0.25) is 0 Å². The van der Waals surface area contributed by atoms with Gasteiger partial charge in [0.05, 0.1) is 16.6 Å². The van der Waals surface area contributed by atoms with Gasteiger partial charge in [-0.1, -0.05) is 12.1 Å². The van der Waals surface area contributed by atoms with E-state index in [1.54, 1.807) is 47.4 Å². The van der Waals surface area contributed by atoms with Gasteiger partial charge in [-0.2, -0.15) is 5.26 Å². The van der Waals surface area contributed by atoms with E-state index >= 15 is 0 Å². The smallest absolute Gasteiger partial charge is 0.269 e. The zero-order valence-corrected chi connectivity index (χ0v) is 18.3. The summed E-state index contributed by atoms with van der Waals surface area (Å²) in [6, 6.07) is 20.9. The maximum atomic E-state index is 13.1. The molecular weight excluding hydrogens is 434 g/mol. The van der Waals surface area contributed by atoms with Gasteiger partial charge in [0, 0.05) is 42.0 Å². The first-order chi connectivity index (χ1) is 16.4. The van der Waals surface area contributed by atoms with Crippen molar-refractivity contribution >= 4 is 23.2 Å². The van der Waals surface area contributed by atoms with Crippen LogP contribution in [0.25, 0.3) is 0 Å². The molecule has 0 spiro atoms. The minimum atomic E-state index is -0.527. The summed E-state index contributed by atoms with van der Waals surface area (Å²) in [5.41, 5.74) is 8.13. The lowest BCUT2D eigenvalue weighted by Crippen LogP contribution is -2.32. The molecule has 0 aliphatic heterocycles. The van der Waals surface area contributed by atoms with Gasteiger partial charge in [0.25, 0.3) is 17.5 Å². The lowest BCUT2D eigenvalue weighted by molar-refractivity contribution is -0.384. The van der Waals surface area contributed by atoms with Crippen molar-refractivity contribution in [1.82, 2.24) is 4.90 Å². The highest BCUT2D eigenvalue weighted by Crippen LogP contribution is 2.18. The van der Waals surface area contributed by atoms with Gasteiger partial charge in [0.2, 0.25) is 0 Å². The Labute approximate surface area is 196 Å². The number of nitrogens with one attached hydrogen (secondary N) is 1. The molecule has 0 unspecified atom stereocenters. The van der Waals surface area contributed by atoms with Crippen molar-refractivity contribution < 1.29 is 14.5 Å². The molecule has 0 aliphatic rings. The summed E-state index contributed by atoms with van der Waals surface area (Å²) in [6.45, 7) is 1.19. The number of nitro benzene ring substituents is 1. The first kappa shape index (κ1) is 24.1. The summed E-state index contributed by atoms with van der Waals surface area (Å²) in [5, 5.41) is 22.5. The number of nitrogens with two attached hydrogens (primary N) is 1. The zero-order valence-electron chi connectivity index (χ0n) is 18.3. The first-order valence-electron chi connectivity index (χ1n) is 10.6. The Bertz CT molecular complexity index is 1220. The van der Waals surface area contributed by atoms with Crippen molar-refractivity contribution in [3.63, 3.8) is 0 Å². The molecule has 0 aromatic heterocycles. The van der Waals surface area contributed by atoms with Crippen molar-refractivity contribution in [2.24, 2.45) is 5.73 Å². The lowest BCUT2D eigenvalue weighted by atomic mass is 10.1. The van der Waals surface area contributed by atoms with Crippen LogP contribution in [0.1, 0.15) is 38.3 Å². The molecule has 2 amide bonds. The minimum Gasteiger partial charge on any atom is -0.334 e. The molecular formula is C25H23N5O4. The standard InChI is InChI=1S/C25H23N5O4/c26-13-2-14-29(25(32)21-7-5-18(16-27)6-8-21)17-19-3-1-4-22(15-19)28-24(31)20-9-11-23(12-10-20)30(33)34/h1,3-12,15H,2,13-14,17,26H2,(H,28,31). The van der Waals surface area contributed by atoms with E-state index < -0.39 is 10.8 Å². The number of carbonyl (C=O) groups excluding carboxylic acids is 2. The SMILES string of the molecule is N#Cc1ccc(C(=O)N(CCCN)Cc2cccc(NC(=O)c3ccc([N+](=O)[O-])cc3)c2)cc1. The molecule has 0 saturated heterocycles. The molecule has 3 rings (SSSR count). The Morgan fingerprint density at radius 2 is 1.71 bits per heavy atom. The normalized spacial score (nSPS) is 10.2. The summed E-state index contributed by atoms with van der Waals surface area (Å²) >= 11 is 0. The lowest BCUT2D eigenvalue weighted by Gasteiger charge is -2.23. The number of carbonyl (C=O) groups is 2. The third kappa shape index (κ3) is 6.25. The molecule has 34 heavy (non-hydrogen) atoms. The first-order valence-corrected chi connectivity index (χ1v) is 10.6. The van der Waals surface area contributed by atoms with E-state index in [1.165, 1.54) is 24.3 Å². The average molecular weight is 457 g/mol. The number of anilines is 1. The van der Waals surface area contributed by atoms with Crippen LogP contribution < -0.4 is 11.1 Å². The van der Waals surface area contributed by atoms with Gasteiger partial charge in [-0.3, -0.25) is 19.7 Å². The van der Waals surface area contributed by atoms with Crippen LogP contribution >= 0.6 is 0 Å². The summed E-state index contributed by atoms with van der Waals surface area (Å²) in [7, 11) is 0. The molecule has 3 N–H and O–H groups in total. The van der Waals surface area contributed by atoms with E-state index in [2.05, 4.69) is 5.32 Å². The Morgan fingerprint density at radius 1 is 1.03 bits per heavy atom. The van der Waals surface area contributed by atoms with Crippen molar-refractivity contribution in [3.8, 4) is 6.07 Å². The van der Waals surface area contributed by atoms with Crippen LogP contribution in [0.4, 0.5) is 11.4 Å². The Balaban J connectivity index is 1.73. The topological polar surface area (TPSA) is 142 Å². The summed E-state index contributed by atoms with van der Waals surface area (Å²) in [4.78, 5) is 37.5. The van der Waals surface area contributed by atoms with E-state index in [0.29, 0.717) is 42.9 Å². The number of benzene rings is 3. The number of nitrogens with zero attached hydrogens (tertiary/aromatic N) is 3. The van der Waals surface area contributed by atoms with Gasteiger partial charge in [-0.15, -0.1) is 0 Å². The van der Waals surface area contributed by atoms with Crippen molar-refractivity contribution in [3.05, 3.63) is 105 Å². The second-order valence-corrected chi connectivity index (χ2v) is 7.52. The molecule has 0 saturated carbocycles. The predicted molar refractivity (Wildman–Crippen MR) is 127 cm³/mol. The van der Waals surface area contributed by atoms with Crippen LogP contribution in [-0.4, -0.2) is 34.7 Å². The molecule has 0 atom stereocenters. The molecule has 0 bridgehead atoms. The van der Waals surface area contributed by atoms with Gasteiger partial charge in [0.1, 0.15) is 0 Å². The van der Waals surface area contributed by atoms with Gasteiger partial charge in [0.15, 0.2) is 0 Å². The number of nitriles is 1. The largest absolute Gasteiger partial charge is 0.334 e. The molecule has 0 aliphatic carbocycles. The van der Waals surface area contributed by atoms with E-state index in [0.717, 1.165) is 5.56 Å². The van der Waals surface area contributed by atoms with E-state index in [1.807, 2.05) is 12.1 Å². The second kappa shape index (κ2) is 11.4. The predicted octanol–water partition coefficient (Wildman–Crippen LogP) is 3.71. The van der Waals surface area contributed by atoms with Gasteiger partial charge in [-0.25, -0.2) is 0 Å². The van der Waals surface area contributed by atoms with Gasteiger partial charge in [-0.05, 0) is 67.1 Å². The van der Waals surface area contributed by atoms with Crippen LogP contribution in [0, 0.1) is 21.4 Å². The number of rotatable bonds is 9. The van der Waals surface area contributed by atoms with Crippen LogP contribution in [-0.2, 0) is 6.54 Å². The minimum absolute atomic E-state index is 0.0944. The maximum Gasteiger partial charge on any atom is 0.269 e. The third-order valence-electron chi connectivity index (χ3n) is 5.08. The van der Waals surface area contributed by atoms with Crippen molar-refractivity contribution in [2.45, 2.75) is 13.0 Å². The number of amides is 2. The molecule has 172 valence electrons. The highest BCUT2D eigenvalue weighted by atomic mass is 16.6. The molecule has 0 fully saturated rings. The number of hydrogen-bond acceptors (Lipinski definition) is 6. The monoisotopic (exact) mass is 457 g/mol. The highest BCUT2D eigenvalue weighted by Gasteiger charge is 2.17. The Morgan fingerprint density at radius 3 is 2.32 bits per heavy atom. The van der Waals surface area contributed by atoms with Crippen molar-refractivity contribution in [2.75, 3.05) is 18.4 Å². The number of nitro groups is 1. The summed E-state index contributed by atoms with van der Waals surface area (Å²) < 4.78 is 0.